The summed E-state index contributed by atoms with van der Waals surface area (Å²) in [6, 6.07) is 20.9. The molecule has 0 aliphatic heterocycles. The third-order valence-corrected chi connectivity index (χ3v) is 4.46. The molecule has 0 amide bonds. The Morgan fingerprint density at radius 3 is 2.42 bits per heavy atom. The summed E-state index contributed by atoms with van der Waals surface area (Å²) in [7, 11) is 2.02. The average molecular weight is 368 g/mol. The number of phenols is 1. The van der Waals surface area contributed by atoms with Crippen LogP contribution >= 0.6 is 11.6 Å². The first-order valence-electron chi connectivity index (χ1n) is 8.07. The van der Waals surface area contributed by atoms with Gasteiger partial charge in [0.25, 0.3) is 0 Å². The second-order valence-corrected chi connectivity index (χ2v) is 6.46. The number of hydrogen-bond acceptors (Lipinski definition) is 3. The highest BCUT2D eigenvalue weighted by atomic mass is 35.5. The third kappa shape index (κ3) is 3.81. The van der Waals surface area contributed by atoms with Crippen LogP contribution in [0, 0.1) is 0 Å². The molecule has 0 radical (unpaired) electrons. The van der Waals surface area contributed by atoms with Gasteiger partial charge in [0, 0.05) is 19.3 Å². The predicted octanol–water partition coefficient (Wildman–Crippen LogP) is 5.05. The Kier molecular flexibility index (Phi) is 5.14. The largest absolute Gasteiger partial charge is 0.505 e. The van der Waals surface area contributed by atoms with Gasteiger partial charge >= 0.3 is 5.97 Å². The number of carbonyl (C=O) groups is 1. The molecule has 0 atom stereocenters. The van der Waals surface area contributed by atoms with Crippen molar-refractivity contribution in [3.63, 3.8) is 0 Å². The lowest BCUT2D eigenvalue weighted by molar-refractivity contribution is 0.0694. The molecule has 4 nitrogen and oxygen atoms in total. The van der Waals surface area contributed by atoms with Crippen LogP contribution in [-0.4, -0.2) is 23.2 Å². The van der Waals surface area contributed by atoms with Crippen LogP contribution in [0.5, 0.6) is 5.75 Å². The summed E-state index contributed by atoms with van der Waals surface area (Å²) < 4.78 is 0. The van der Waals surface area contributed by atoms with Crippen LogP contribution in [0.4, 0.5) is 5.69 Å². The van der Waals surface area contributed by atoms with Gasteiger partial charge in [-0.3, -0.25) is 0 Å². The van der Waals surface area contributed by atoms with E-state index in [1.54, 1.807) is 6.07 Å². The smallest absolute Gasteiger partial charge is 0.339 e. The van der Waals surface area contributed by atoms with Crippen LogP contribution < -0.4 is 4.90 Å². The minimum atomic E-state index is -1.22. The Labute approximate surface area is 156 Å². The van der Waals surface area contributed by atoms with Gasteiger partial charge in [-0.25, -0.2) is 4.79 Å². The Morgan fingerprint density at radius 1 is 1.00 bits per heavy atom. The quantitative estimate of drug-likeness (QED) is 0.662. The standard InChI is InChI=1S/C21H18ClNO3/c1-23(17-8-3-2-4-9-17)13-14-6-5-7-15(10-14)16-11-18(21(25)26)20(24)19(22)12-16/h2-12,24H,13H2,1H3,(H,25,26). The maximum absolute atomic E-state index is 11.3. The third-order valence-electron chi connectivity index (χ3n) is 4.17. The van der Waals surface area contributed by atoms with Gasteiger partial charge in [-0.2, -0.15) is 0 Å². The zero-order valence-electron chi connectivity index (χ0n) is 14.2. The highest BCUT2D eigenvalue weighted by molar-refractivity contribution is 6.33. The molecule has 0 fully saturated rings. The van der Waals surface area contributed by atoms with Crippen LogP contribution in [0.25, 0.3) is 11.1 Å². The first-order chi connectivity index (χ1) is 12.5. The SMILES string of the molecule is CN(Cc1cccc(-c2cc(Cl)c(O)c(C(=O)O)c2)c1)c1ccccc1. The molecule has 0 aromatic heterocycles. The van der Waals surface area contributed by atoms with Gasteiger partial charge in [0.1, 0.15) is 11.3 Å². The van der Waals surface area contributed by atoms with Crippen LogP contribution in [0.1, 0.15) is 15.9 Å². The number of aromatic carboxylic acids is 1. The number of hydrogen-bond donors (Lipinski definition) is 2. The van der Waals surface area contributed by atoms with Gasteiger partial charge < -0.3 is 15.1 Å². The molecule has 3 rings (SSSR count). The molecule has 5 heteroatoms. The molecule has 0 unspecified atom stereocenters. The summed E-state index contributed by atoms with van der Waals surface area (Å²) in [5.41, 5.74) is 3.47. The topological polar surface area (TPSA) is 60.8 Å². The van der Waals surface area contributed by atoms with Crippen LogP contribution in [0.2, 0.25) is 5.02 Å². The minimum absolute atomic E-state index is 0.0201. The molecule has 0 spiro atoms. The first kappa shape index (κ1) is 17.8. The van der Waals surface area contributed by atoms with Crippen molar-refractivity contribution in [2.45, 2.75) is 6.54 Å². The second kappa shape index (κ2) is 7.50. The Bertz CT molecular complexity index is 941. The Balaban J connectivity index is 1.92. The van der Waals surface area contributed by atoms with E-state index in [9.17, 15) is 15.0 Å². The van der Waals surface area contributed by atoms with Gasteiger partial charge in [-0.15, -0.1) is 0 Å². The first-order valence-corrected chi connectivity index (χ1v) is 8.45. The average Bonchev–Trinajstić information content (AvgIpc) is 2.64. The van der Waals surface area contributed by atoms with E-state index in [1.165, 1.54) is 6.07 Å². The number of nitrogens with zero attached hydrogens (tertiary/aromatic N) is 1. The Hall–Kier alpha value is -2.98. The van der Waals surface area contributed by atoms with E-state index in [2.05, 4.69) is 4.90 Å². The van der Waals surface area contributed by atoms with Crippen molar-refractivity contribution in [3.8, 4) is 16.9 Å². The lowest BCUT2D eigenvalue weighted by atomic mass is 10.00. The molecular weight excluding hydrogens is 350 g/mol. The second-order valence-electron chi connectivity index (χ2n) is 6.05. The Morgan fingerprint density at radius 2 is 1.73 bits per heavy atom. The fourth-order valence-electron chi connectivity index (χ4n) is 2.83. The molecule has 0 heterocycles. The molecular formula is C21H18ClNO3. The summed E-state index contributed by atoms with van der Waals surface area (Å²) in [6.45, 7) is 0.704. The molecule has 2 N–H and O–H groups in total. The van der Waals surface area contributed by atoms with Crippen LogP contribution in [0.3, 0.4) is 0 Å². The fourth-order valence-corrected chi connectivity index (χ4v) is 3.04. The van der Waals surface area contributed by atoms with Gasteiger partial charge in [0.15, 0.2) is 0 Å². The van der Waals surface area contributed by atoms with Gasteiger partial charge in [-0.1, -0.05) is 48.0 Å². The van der Waals surface area contributed by atoms with Crippen LogP contribution in [0.15, 0.2) is 66.7 Å². The zero-order valence-corrected chi connectivity index (χ0v) is 14.9. The maximum Gasteiger partial charge on any atom is 0.339 e. The zero-order chi connectivity index (χ0) is 18.7. The van der Waals surface area contributed by atoms with E-state index in [0.717, 1.165) is 16.8 Å². The van der Waals surface area contributed by atoms with Gasteiger partial charge in [0.05, 0.1) is 5.02 Å². The normalized spacial score (nSPS) is 10.5. The minimum Gasteiger partial charge on any atom is -0.505 e. The monoisotopic (exact) mass is 367 g/mol. The van der Waals surface area contributed by atoms with Crippen molar-refractivity contribution >= 4 is 23.3 Å². The lowest BCUT2D eigenvalue weighted by Crippen LogP contribution is -2.16. The van der Waals surface area contributed by atoms with Crippen molar-refractivity contribution in [2.24, 2.45) is 0 Å². The number of para-hydroxylation sites is 1. The van der Waals surface area contributed by atoms with E-state index in [-0.39, 0.29) is 10.6 Å². The molecule has 0 saturated carbocycles. The van der Waals surface area contributed by atoms with Crippen molar-refractivity contribution in [3.05, 3.63) is 82.9 Å². The molecule has 0 saturated heterocycles. The number of rotatable bonds is 5. The molecule has 0 bridgehead atoms. The van der Waals surface area contributed by atoms with Crippen molar-refractivity contribution in [2.75, 3.05) is 11.9 Å². The predicted molar refractivity (Wildman–Crippen MR) is 104 cm³/mol. The number of aromatic hydroxyl groups is 1. The van der Waals surface area contributed by atoms with Crippen LogP contribution in [-0.2, 0) is 6.54 Å². The fraction of sp³-hybridized carbons (Fsp3) is 0.0952. The van der Waals surface area contributed by atoms with Crippen molar-refractivity contribution in [1.29, 1.82) is 0 Å². The highest BCUT2D eigenvalue weighted by Gasteiger charge is 2.15. The molecule has 3 aromatic carbocycles. The summed E-state index contributed by atoms with van der Waals surface area (Å²) in [5, 5.41) is 19.1. The van der Waals surface area contributed by atoms with E-state index in [4.69, 9.17) is 11.6 Å². The van der Waals surface area contributed by atoms with Gasteiger partial charge in [0.2, 0.25) is 0 Å². The van der Waals surface area contributed by atoms with E-state index in [1.807, 2.05) is 61.6 Å². The number of anilines is 1. The summed E-state index contributed by atoms with van der Waals surface area (Å²) in [5.74, 6) is -1.63. The number of benzene rings is 3. The number of halogens is 1. The number of carboxylic acid groups (broad SMARTS) is 1. The molecule has 0 aliphatic carbocycles. The molecule has 132 valence electrons. The summed E-state index contributed by atoms with van der Waals surface area (Å²) in [4.78, 5) is 13.4. The summed E-state index contributed by atoms with van der Waals surface area (Å²) in [6.07, 6.45) is 0. The van der Waals surface area contributed by atoms with Gasteiger partial charge in [-0.05, 0) is 47.0 Å². The van der Waals surface area contributed by atoms with Crippen molar-refractivity contribution < 1.29 is 15.0 Å². The van der Waals surface area contributed by atoms with E-state index < -0.39 is 11.7 Å². The van der Waals surface area contributed by atoms with E-state index >= 15 is 0 Å². The molecule has 26 heavy (non-hydrogen) atoms. The maximum atomic E-state index is 11.3. The molecule has 0 aliphatic rings. The number of carboxylic acids is 1. The molecule has 3 aromatic rings. The highest BCUT2D eigenvalue weighted by Crippen LogP contribution is 2.34. The lowest BCUT2D eigenvalue weighted by Gasteiger charge is -2.19. The summed E-state index contributed by atoms with van der Waals surface area (Å²) >= 11 is 6.00. The van der Waals surface area contributed by atoms with E-state index in [0.29, 0.717) is 12.1 Å². The van der Waals surface area contributed by atoms with Crippen molar-refractivity contribution in [1.82, 2.24) is 0 Å².